The molecule has 6 nitrogen and oxygen atoms in total. The number of fused-ring (bicyclic) bond motifs is 1. The molecule has 0 saturated carbocycles. The summed E-state index contributed by atoms with van der Waals surface area (Å²) in [4.78, 5) is 9.30. The highest BCUT2D eigenvalue weighted by Gasteiger charge is 2.49. The Balaban J connectivity index is 1.87. The Morgan fingerprint density at radius 3 is 2.53 bits per heavy atom. The Bertz CT molecular complexity index is 1310. The topological polar surface area (TPSA) is 80.9 Å². The molecule has 9 heteroatoms. The highest BCUT2D eigenvalue weighted by atomic mass is 32.2. The summed E-state index contributed by atoms with van der Waals surface area (Å²) in [6, 6.07) is 12.0. The van der Waals surface area contributed by atoms with Crippen LogP contribution in [-0.4, -0.2) is 35.3 Å². The van der Waals surface area contributed by atoms with Crippen LogP contribution in [0.25, 0.3) is 10.9 Å². The molecule has 0 fully saturated rings. The monoisotopic (exact) mass is 456 g/mol. The summed E-state index contributed by atoms with van der Waals surface area (Å²) in [5, 5.41) is 16.8. The summed E-state index contributed by atoms with van der Waals surface area (Å²) >= 11 is 0. The summed E-state index contributed by atoms with van der Waals surface area (Å²) < 4.78 is 41.7. The van der Waals surface area contributed by atoms with Gasteiger partial charge in [-0.25, -0.2) is 18.4 Å². The predicted octanol–water partition coefficient (Wildman–Crippen LogP) is 3.71. The molecule has 4 aromatic rings. The zero-order valence-corrected chi connectivity index (χ0v) is 18.6. The Morgan fingerprint density at radius 2 is 1.88 bits per heavy atom. The lowest BCUT2D eigenvalue weighted by molar-refractivity contribution is -0.0542. The molecule has 4 rings (SSSR count). The Kier molecular flexibility index (Phi) is 5.64. The van der Waals surface area contributed by atoms with Crippen molar-refractivity contribution >= 4 is 21.7 Å². The number of aliphatic hydroxyl groups is 1. The zero-order chi connectivity index (χ0) is 23.1. The average Bonchev–Trinajstić information content (AvgIpc) is 3.25. The molecule has 0 amide bonds. The number of nitrogens with zero attached hydrogens (tertiary/aromatic N) is 4. The fourth-order valence-electron chi connectivity index (χ4n) is 3.84. The maximum absolute atomic E-state index is 14.9. The number of hydrogen-bond donors (Lipinski definition) is 1. The number of aromatic nitrogens is 4. The van der Waals surface area contributed by atoms with Crippen molar-refractivity contribution in [2.75, 3.05) is 6.26 Å². The number of halogens is 2. The van der Waals surface area contributed by atoms with Crippen LogP contribution in [0.15, 0.2) is 66.1 Å². The molecular formula is C23H22F2N4O2S. The molecule has 0 spiro atoms. The first kappa shape index (κ1) is 22.2. The van der Waals surface area contributed by atoms with Gasteiger partial charge in [0, 0.05) is 44.4 Å². The largest absolute Gasteiger partial charge is 0.382 e. The van der Waals surface area contributed by atoms with E-state index in [1.54, 1.807) is 44.4 Å². The molecule has 1 N–H and O–H groups in total. The standard InChI is InChI=1S/C23H22F2N4O2S/c1-22(2,21-9-4-15-10-17(32(3)31)6-8-20(15)28-21)23(30,12-29-14-26-13-27-29)18-7-5-16(24)11-19(18)25/h4-11,13-14,30H,12H2,1-3H3. The highest BCUT2D eigenvalue weighted by molar-refractivity contribution is 7.84. The molecule has 0 bridgehead atoms. The van der Waals surface area contributed by atoms with Crippen molar-refractivity contribution in [1.82, 2.24) is 19.7 Å². The van der Waals surface area contributed by atoms with Gasteiger partial charge in [-0.1, -0.05) is 26.0 Å². The number of hydrogen-bond acceptors (Lipinski definition) is 5. The summed E-state index contributed by atoms with van der Waals surface area (Å²) in [7, 11) is -1.13. The van der Waals surface area contributed by atoms with E-state index < -0.39 is 33.5 Å². The van der Waals surface area contributed by atoms with Gasteiger partial charge in [0.2, 0.25) is 0 Å². The van der Waals surface area contributed by atoms with E-state index in [1.165, 1.54) is 23.4 Å². The number of rotatable bonds is 6. The van der Waals surface area contributed by atoms with Crippen LogP contribution < -0.4 is 0 Å². The van der Waals surface area contributed by atoms with Crippen LogP contribution in [0.1, 0.15) is 25.1 Å². The van der Waals surface area contributed by atoms with E-state index in [9.17, 15) is 18.1 Å². The van der Waals surface area contributed by atoms with Gasteiger partial charge in [0.25, 0.3) is 0 Å². The van der Waals surface area contributed by atoms with E-state index in [4.69, 9.17) is 4.98 Å². The molecule has 166 valence electrons. The van der Waals surface area contributed by atoms with Crippen LogP contribution in [0.2, 0.25) is 0 Å². The maximum Gasteiger partial charge on any atom is 0.137 e. The van der Waals surface area contributed by atoms with Gasteiger partial charge in [-0.2, -0.15) is 5.10 Å². The minimum atomic E-state index is -1.84. The quantitative estimate of drug-likeness (QED) is 0.479. The van der Waals surface area contributed by atoms with Crippen molar-refractivity contribution in [1.29, 1.82) is 0 Å². The van der Waals surface area contributed by atoms with Gasteiger partial charge in [0.05, 0.1) is 17.8 Å². The lowest BCUT2D eigenvalue weighted by Gasteiger charge is -2.42. The third kappa shape index (κ3) is 3.82. The van der Waals surface area contributed by atoms with Gasteiger partial charge >= 0.3 is 0 Å². The van der Waals surface area contributed by atoms with E-state index in [0.717, 1.165) is 17.5 Å². The van der Waals surface area contributed by atoms with Crippen molar-refractivity contribution in [2.24, 2.45) is 0 Å². The predicted molar refractivity (Wildman–Crippen MR) is 117 cm³/mol. The second-order valence-electron chi connectivity index (χ2n) is 8.21. The molecule has 32 heavy (non-hydrogen) atoms. The zero-order valence-electron chi connectivity index (χ0n) is 17.8. The molecule has 0 aliphatic carbocycles. The van der Waals surface area contributed by atoms with Gasteiger partial charge < -0.3 is 5.11 Å². The van der Waals surface area contributed by atoms with Crippen molar-refractivity contribution in [3.63, 3.8) is 0 Å². The van der Waals surface area contributed by atoms with Crippen LogP contribution >= 0.6 is 0 Å². The second kappa shape index (κ2) is 8.14. The lowest BCUT2D eigenvalue weighted by Crippen LogP contribution is -2.49. The normalized spacial score (nSPS) is 14.9. The van der Waals surface area contributed by atoms with Crippen molar-refractivity contribution < 1.29 is 18.1 Å². The molecule has 0 aliphatic rings. The SMILES string of the molecule is CS(=O)c1ccc2nc(C(C)(C)C(O)(Cn3cncn3)c3ccc(F)cc3F)ccc2c1. The Labute approximate surface area is 186 Å². The molecule has 2 atom stereocenters. The summed E-state index contributed by atoms with van der Waals surface area (Å²) in [5.41, 5.74) is -1.89. The molecule has 0 aliphatic heterocycles. The first-order chi connectivity index (χ1) is 15.1. The van der Waals surface area contributed by atoms with Gasteiger partial charge in [-0.05, 0) is 30.3 Å². The molecule has 2 unspecified atom stereocenters. The number of pyridine rings is 1. The van der Waals surface area contributed by atoms with Gasteiger partial charge in [0.15, 0.2) is 0 Å². The van der Waals surface area contributed by atoms with Gasteiger partial charge in [-0.15, -0.1) is 0 Å². The first-order valence-corrected chi connectivity index (χ1v) is 11.4. The molecule has 0 saturated heterocycles. The van der Waals surface area contributed by atoms with Crippen molar-refractivity contribution in [2.45, 2.75) is 36.3 Å². The fraction of sp³-hybridized carbons (Fsp3) is 0.261. The average molecular weight is 457 g/mol. The van der Waals surface area contributed by atoms with E-state index in [0.29, 0.717) is 16.1 Å². The van der Waals surface area contributed by atoms with Gasteiger partial charge in [0.1, 0.15) is 29.9 Å². The van der Waals surface area contributed by atoms with E-state index in [-0.39, 0.29) is 12.1 Å². The van der Waals surface area contributed by atoms with Gasteiger partial charge in [-0.3, -0.25) is 9.19 Å². The van der Waals surface area contributed by atoms with Crippen LogP contribution in [0.4, 0.5) is 8.78 Å². The van der Waals surface area contributed by atoms with Crippen molar-refractivity contribution in [3.8, 4) is 0 Å². The van der Waals surface area contributed by atoms with E-state index in [1.807, 2.05) is 6.07 Å². The first-order valence-electron chi connectivity index (χ1n) is 9.87. The van der Waals surface area contributed by atoms with Crippen LogP contribution in [0.5, 0.6) is 0 Å². The molecular weight excluding hydrogens is 434 g/mol. The Morgan fingerprint density at radius 1 is 1.09 bits per heavy atom. The summed E-state index contributed by atoms with van der Waals surface area (Å²) in [5.74, 6) is -1.60. The molecule has 2 heterocycles. The third-order valence-corrected chi connectivity index (χ3v) is 6.82. The summed E-state index contributed by atoms with van der Waals surface area (Å²) in [6.07, 6.45) is 4.34. The smallest absolute Gasteiger partial charge is 0.137 e. The molecule has 0 radical (unpaired) electrons. The molecule has 2 aromatic carbocycles. The van der Waals surface area contributed by atoms with Crippen LogP contribution in [0.3, 0.4) is 0 Å². The molecule has 2 aromatic heterocycles. The number of benzene rings is 2. The second-order valence-corrected chi connectivity index (χ2v) is 9.59. The minimum absolute atomic E-state index is 0.0713. The Hall–Kier alpha value is -3.04. The van der Waals surface area contributed by atoms with E-state index in [2.05, 4.69) is 10.1 Å². The lowest BCUT2D eigenvalue weighted by atomic mass is 9.68. The summed E-state index contributed by atoms with van der Waals surface area (Å²) in [6.45, 7) is 3.36. The van der Waals surface area contributed by atoms with E-state index >= 15 is 0 Å². The maximum atomic E-state index is 14.9. The van der Waals surface area contributed by atoms with Crippen LogP contribution in [0, 0.1) is 11.6 Å². The third-order valence-electron chi connectivity index (χ3n) is 5.90. The van der Waals surface area contributed by atoms with Crippen LogP contribution in [-0.2, 0) is 28.4 Å². The minimum Gasteiger partial charge on any atom is -0.382 e. The highest BCUT2D eigenvalue weighted by Crippen LogP contribution is 2.44. The fourth-order valence-corrected chi connectivity index (χ4v) is 4.39. The van der Waals surface area contributed by atoms with Crippen molar-refractivity contribution in [3.05, 3.63) is 84.1 Å².